The molecule has 1 aromatic heterocycles. The van der Waals surface area contributed by atoms with Gasteiger partial charge in [0.25, 0.3) is 5.91 Å². The van der Waals surface area contributed by atoms with Gasteiger partial charge in [0.15, 0.2) is 0 Å². The van der Waals surface area contributed by atoms with Gasteiger partial charge >= 0.3 is 0 Å². The number of rotatable bonds is 4. The molecular formula is C27H29Cl2FN4O3S. The summed E-state index contributed by atoms with van der Waals surface area (Å²) in [5.41, 5.74) is 7.45. The van der Waals surface area contributed by atoms with Crippen LogP contribution in [0.2, 0.25) is 5.02 Å². The van der Waals surface area contributed by atoms with Gasteiger partial charge in [-0.25, -0.2) is 8.60 Å². The predicted molar refractivity (Wildman–Crippen MR) is 155 cm³/mol. The summed E-state index contributed by atoms with van der Waals surface area (Å²) in [7, 11) is -1.23. The molecule has 7 nitrogen and oxygen atoms in total. The number of pyridine rings is 1. The molecule has 0 spiro atoms. The fourth-order valence-electron chi connectivity index (χ4n) is 3.01. The van der Waals surface area contributed by atoms with Gasteiger partial charge in [0, 0.05) is 27.5 Å². The Balaban J connectivity index is 0.000000559. The molecule has 1 aliphatic rings. The minimum absolute atomic E-state index is 0.171. The first-order chi connectivity index (χ1) is 18.2. The maximum absolute atomic E-state index is 13.1. The number of allylic oxidation sites excluding steroid dienone is 2. The molecule has 2 aromatic carbocycles. The van der Waals surface area contributed by atoms with Crippen molar-refractivity contribution in [2.45, 2.75) is 13.8 Å². The van der Waals surface area contributed by atoms with Gasteiger partial charge < -0.3 is 15.8 Å². The summed E-state index contributed by atoms with van der Waals surface area (Å²) in [5, 5.41) is 4.11. The van der Waals surface area contributed by atoms with Crippen molar-refractivity contribution in [1.29, 1.82) is 0 Å². The van der Waals surface area contributed by atoms with Crippen LogP contribution in [0.3, 0.4) is 0 Å². The third-order valence-corrected chi connectivity index (χ3v) is 6.71. The Kier molecular flexibility index (Phi) is 12.9. The number of hydrogen-bond donors (Lipinski definition) is 2. The Labute approximate surface area is 234 Å². The predicted octanol–water partition coefficient (Wildman–Crippen LogP) is 6.49. The minimum atomic E-state index is -1.23. The smallest absolute Gasteiger partial charge is 0.255 e. The first-order valence-electron chi connectivity index (χ1n) is 11.4. The molecule has 2 heterocycles. The molecule has 0 aliphatic carbocycles. The molecule has 3 aromatic rings. The maximum Gasteiger partial charge on any atom is 0.255 e. The molecule has 1 fully saturated rings. The van der Waals surface area contributed by atoms with Crippen LogP contribution < -0.4 is 15.4 Å². The lowest BCUT2D eigenvalue weighted by molar-refractivity contribution is 0.102. The van der Waals surface area contributed by atoms with Crippen LogP contribution in [0.1, 0.15) is 24.2 Å². The highest BCUT2D eigenvalue weighted by molar-refractivity contribution is 7.86. The highest BCUT2D eigenvalue weighted by atomic mass is 35.5. The highest BCUT2D eigenvalue weighted by Crippen LogP contribution is 2.29. The van der Waals surface area contributed by atoms with Crippen molar-refractivity contribution in [2.24, 2.45) is 5.73 Å². The van der Waals surface area contributed by atoms with Crippen LogP contribution in [-0.2, 0) is 15.7 Å². The third-order valence-electron chi connectivity index (χ3n) is 4.91. The van der Waals surface area contributed by atoms with Gasteiger partial charge in [-0.2, -0.15) is 0 Å². The number of nitrogens with zero attached hydrogens (tertiary/aromatic N) is 2. The van der Waals surface area contributed by atoms with Crippen molar-refractivity contribution < 1.29 is 18.1 Å². The van der Waals surface area contributed by atoms with Crippen LogP contribution in [0.4, 0.5) is 15.8 Å². The number of carbonyl (C=O) groups excluding carboxylic acids is 1. The van der Waals surface area contributed by atoms with Crippen molar-refractivity contribution in [1.82, 2.24) is 4.98 Å². The van der Waals surface area contributed by atoms with E-state index in [2.05, 4.69) is 22.6 Å². The normalized spacial score (nSPS) is 14.8. The number of ether oxygens (including phenoxy) is 1. The second-order valence-corrected chi connectivity index (χ2v) is 9.94. The lowest BCUT2D eigenvalue weighted by atomic mass is 10.1. The molecule has 0 radical (unpaired) electrons. The number of nitrogens with two attached hydrogens (primary N) is 1. The van der Waals surface area contributed by atoms with E-state index in [4.69, 9.17) is 27.9 Å². The monoisotopic (exact) mass is 578 g/mol. The zero-order chi connectivity index (χ0) is 28.1. The summed E-state index contributed by atoms with van der Waals surface area (Å²) < 4.78 is 32.1. The molecule has 4 rings (SSSR count). The number of carbonyl (C=O) groups is 1. The molecule has 1 unspecified atom stereocenters. The summed E-state index contributed by atoms with van der Waals surface area (Å²) in [6.45, 7) is 7.93. The molecule has 1 atom stereocenters. The average Bonchev–Trinajstić information content (AvgIpc) is 2.91. The lowest BCUT2D eigenvalue weighted by Gasteiger charge is -2.27. The van der Waals surface area contributed by atoms with Gasteiger partial charge in [0.05, 0.1) is 30.1 Å². The van der Waals surface area contributed by atoms with Crippen LogP contribution in [0.5, 0.6) is 0 Å². The average molecular weight is 580 g/mol. The van der Waals surface area contributed by atoms with Gasteiger partial charge in [-0.05, 0) is 74.6 Å². The van der Waals surface area contributed by atoms with E-state index in [9.17, 15) is 13.4 Å². The first-order valence-corrected chi connectivity index (χ1v) is 13.4. The number of benzene rings is 2. The second kappa shape index (κ2) is 15.9. The number of amides is 1. The molecule has 1 amide bonds. The molecule has 0 bridgehead atoms. The number of anilines is 2. The van der Waals surface area contributed by atoms with Crippen molar-refractivity contribution in [2.75, 3.05) is 28.7 Å². The Morgan fingerprint density at radius 1 is 1.24 bits per heavy atom. The Morgan fingerprint density at radius 3 is 2.45 bits per heavy atom. The number of hydrogen-bond acceptors (Lipinski definition) is 5. The zero-order valence-electron chi connectivity index (χ0n) is 21.0. The highest BCUT2D eigenvalue weighted by Gasteiger charge is 2.19. The molecule has 202 valence electrons. The summed E-state index contributed by atoms with van der Waals surface area (Å²) in [5.74, 6) is -0.571. The number of aromatic nitrogens is 1. The quantitative estimate of drug-likeness (QED) is 0.368. The number of nitrogens with one attached hydrogen (secondary N) is 1. The van der Waals surface area contributed by atoms with Gasteiger partial charge in [-0.15, -0.1) is 0 Å². The summed E-state index contributed by atoms with van der Waals surface area (Å²) in [6, 6.07) is 14.7. The fraction of sp³-hybridized carbons (Fsp3) is 0.185. The van der Waals surface area contributed by atoms with Crippen LogP contribution in [-0.4, -0.2) is 34.2 Å². The van der Waals surface area contributed by atoms with Crippen LogP contribution in [0, 0.1) is 5.82 Å². The van der Waals surface area contributed by atoms with Crippen molar-refractivity contribution in [3.05, 3.63) is 101 Å². The van der Waals surface area contributed by atoms with E-state index >= 15 is 0 Å². The van der Waals surface area contributed by atoms with E-state index < -0.39 is 16.8 Å². The topological polar surface area (TPSA) is 97.6 Å². The molecular weight excluding hydrogens is 550 g/mol. The van der Waals surface area contributed by atoms with Crippen molar-refractivity contribution >= 4 is 51.5 Å². The van der Waals surface area contributed by atoms with Crippen LogP contribution >= 0.6 is 23.2 Å². The van der Waals surface area contributed by atoms with Crippen molar-refractivity contribution in [3.63, 3.8) is 0 Å². The Hall–Kier alpha value is -3.24. The molecule has 1 saturated heterocycles. The zero-order valence-corrected chi connectivity index (χ0v) is 23.3. The molecule has 38 heavy (non-hydrogen) atoms. The standard InChI is InChI=1S/C21H17ClFN3O3S.C4H7Cl.C2H5N/c22-19-7-4-16(11-18(19)20-8-3-15(23)12-24-20)25-21(27)14-1-5-17(6-2-14)26-9-10-29-13-30(26)28;1-3-4(2)5;1-2-3/h1-8,11-12H,9-10,13H2,(H,25,27);3H,1-2H3;2H,1,3H2/b;4-3+;. The SMILES string of the molecule is C/C=C(\C)Cl.C=CN.O=C(Nc1ccc(Cl)c(-c2ccc(F)cn2)c1)c1ccc(N2CCOCS2=O)cc1. The maximum atomic E-state index is 13.1. The van der Waals surface area contributed by atoms with Gasteiger partial charge in [0.2, 0.25) is 0 Å². The number of halogens is 3. The van der Waals surface area contributed by atoms with Crippen LogP contribution in [0.25, 0.3) is 11.3 Å². The minimum Gasteiger partial charge on any atom is -0.405 e. The van der Waals surface area contributed by atoms with E-state index in [0.29, 0.717) is 40.7 Å². The van der Waals surface area contributed by atoms with E-state index in [-0.39, 0.29) is 11.8 Å². The third kappa shape index (κ3) is 9.57. The van der Waals surface area contributed by atoms with Gasteiger partial charge in [-0.3, -0.25) is 14.1 Å². The Morgan fingerprint density at radius 2 is 1.89 bits per heavy atom. The van der Waals surface area contributed by atoms with E-state index in [1.807, 2.05) is 19.9 Å². The molecule has 11 heteroatoms. The largest absolute Gasteiger partial charge is 0.405 e. The van der Waals surface area contributed by atoms with Gasteiger partial charge in [0.1, 0.15) is 22.7 Å². The van der Waals surface area contributed by atoms with Crippen LogP contribution in [0.15, 0.2) is 84.7 Å². The van der Waals surface area contributed by atoms with E-state index in [1.54, 1.807) is 46.8 Å². The molecule has 0 saturated carbocycles. The fourth-order valence-corrected chi connectivity index (χ4v) is 4.24. The molecule has 3 N–H and O–H groups in total. The van der Waals surface area contributed by atoms with Gasteiger partial charge in [-0.1, -0.05) is 35.9 Å². The lowest BCUT2D eigenvalue weighted by Crippen LogP contribution is -2.36. The first kappa shape index (κ1) is 31.0. The van der Waals surface area contributed by atoms with E-state index in [0.717, 1.165) is 16.9 Å². The van der Waals surface area contributed by atoms with Crippen molar-refractivity contribution in [3.8, 4) is 11.3 Å². The Bertz CT molecular complexity index is 1270. The summed E-state index contributed by atoms with van der Waals surface area (Å²) in [6.07, 6.45) is 4.21. The second-order valence-electron chi connectivity index (χ2n) is 7.62. The molecule has 1 aliphatic heterocycles. The summed E-state index contributed by atoms with van der Waals surface area (Å²) >= 11 is 11.6. The summed E-state index contributed by atoms with van der Waals surface area (Å²) in [4.78, 5) is 16.7. The van der Waals surface area contributed by atoms with E-state index in [1.165, 1.54) is 18.3 Å².